The highest BCUT2D eigenvalue weighted by Crippen LogP contribution is 2.26. The smallest absolute Gasteiger partial charge is 0.225 e. The molecule has 100 valence electrons. The van der Waals surface area contributed by atoms with Crippen molar-refractivity contribution in [1.82, 2.24) is 9.97 Å². The second kappa shape index (κ2) is 6.14. The molecule has 0 aromatic carbocycles. The summed E-state index contributed by atoms with van der Waals surface area (Å²) in [6.45, 7) is 8.58. The molecular weight excluding hydrogens is 250 g/mol. The number of halogens is 1. The topological polar surface area (TPSA) is 54.9 Å². The van der Waals surface area contributed by atoms with E-state index in [2.05, 4.69) is 43.0 Å². The molecule has 0 saturated carbocycles. The summed E-state index contributed by atoms with van der Waals surface area (Å²) in [5, 5.41) is 2.90. The van der Waals surface area contributed by atoms with Crippen molar-refractivity contribution in [2.24, 2.45) is 11.3 Å². The van der Waals surface area contributed by atoms with Gasteiger partial charge in [0.25, 0.3) is 0 Å². The highest BCUT2D eigenvalue weighted by molar-refractivity contribution is 6.32. The Morgan fingerprint density at radius 1 is 1.39 bits per heavy atom. The van der Waals surface area contributed by atoms with Crippen LogP contribution < -0.4 is 5.32 Å². The van der Waals surface area contributed by atoms with Crippen LogP contribution in [0, 0.1) is 11.3 Å². The van der Waals surface area contributed by atoms with Crippen LogP contribution in [0.3, 0.4) is 0 Å². The molecule has 1 rings (SSSR count). The first-order valence-electron chi connectivity index (χ1n) is 6.04. The van der Waals surface area contributed by atoms with Gasteiger partial charge < -0.3 is 5.32 Å². The predicted octanol–water partition coefficient (Wildman–Crippen LogP) is 3.53. The number of nitrogens with one attached hydrogen (secondary N) is 1. The van der Waals surface area contributed by atoms with Crippen molar-refractivity contribution < 1.29 is 4.79 Å². The molecule has 1 atom stereocenters. The fourth-order valence-corrected chi connectivity index (χ4v) is 2.17. The standard InChI is InChI=1S/C13H20ClN3O/c1-9(8-13(2,3)4)7-10(18)17-12-11(14)15-5-6-16-12/h5-6,9H,7-8H2,1-4H3,(H,16,17,18). The van der Waals surface area contributed by atoms with Crippen molar-refractivity contribution in [2.45, 2.75) is 40.5 Å². The van der Waals surface area contributed by atoms with Gasteiger partial charge in [-0.15, -0.1) is 0 Å². The number of rotatable bonds is 4. The molecule has 18 heavy (non-hydrogen) atoms. The zero-order valence-corrected chi connectivity index (χ0v) is 12.1. The minimum atomic E-state index is -0.0749. The molecule has 5 heteroatoms. The Balaban J connectivity index is 2.50. The van der Waals surface area contributed by atoms with Gasteiger partial charge in [0.2, 0.25) is 5.91 Å². The number of carbonyl (C=O) groups is 1. The lowest BCUT2D eigenvalue weighted by atomic mass is 9.84. The van der Waals surface area contributed by atoms with E-state index < -0.39 is 0 Å². The van der Waals surface area contributed by atoms with E-state index in [9.17, 15) is 4.79 Å². The normalized spacial score (nSPS) is 13.2. The number of amides is 1. The highest BCUT2D eigenvalue weighted by Gasteiger charge is 2.18. The van der Waals surface area contributed by atoms with Crippen LogP contribution in [0.25, 0.3) is 0 Å². The van der Waals surface area contributed by atoms with E-state index in [1.54, 1.807) is 0 Å². The summed E-state index contributed by atoms with van der Waals surface area (Å²) in [5.74, 6) is 0.571. The Morgan fingerprint density at radius 2 is 2.00 bits per heavy atom. The first-order valence-corrected chi connectivity index (χ1v) is 6.42. The van der Waals surface area contributed by atoms with E-state index in [0.29, 0.717) is 18.2 Å². The molecule has 0 aliphatic carbocycles. The molecule has 1 aromatic rings. The van der Waals surface area contributed by atoms with E-state index in [1.165, 1.54) is 12.4 Å². The number of anilines is 1. The molecule has 1 unspecified atom stereocenters. The van der Waals surface area contributed by atoms with Crippen molar-refractivity contribution in [3.63, 3.8) is 0 Å². The van der Waals surface area contributed by atoms with Gasteiger partial charge in [0.15, 0.2) is 11.0 Å². The van der Waals surface area contributed by atoms with E-state index in [4.69, 9.17) is 11.6 Å². The van der Waals surface area contributed by atoms with E-state index in [1.807, 2.05) is 0 Å². The van der Waals surface area contributed by atoms with E-state index in [0.717, 1.165) is 6.42 Å². The van der Waals surface area contributed by atoms with Gasteiger partial charge in [-0.25, -0.2) is 9.97 Å². The lowest BCUT2D eigenvalue weighted by molar-refractivity contribution is -0.117. The average Bonchev–Trinajstić information content (AvgIpc) is 2.18. The minimum absolute atomic E-state index is 0.0749. The zero-order chi connectivity index (χ0) is 13.8. The molecule has 4 nitrogen and oxygen atoms in total. The summed E-state index contributed by atoms with van der Waals surface area (Å²) in [5.41, 5.74) is 0.226. The van der Waals surface area contributed by atoms with Crippen LogP contribution in [0.1, 0.15) is 40.5 Å². The van der Waals surface area contributed by atoms with Crippen molar-refractivity contribution >= 4 is 23.3 Å². The Labute approximate surface area is 113 Å². The molecule has 1 N–H and O–H groups in total. The second-order valence-corrected chi connectivity index (χ2v) is 6.18. The number of hydrogen-bond acceptors (Lipinski definition) is 3. The molecule has 0 aliphatic rings. The monoisotopic (exact) mass is 269 g/mol. The third-order valence-corrected chi connectivity index (χ3v) is 2.68. The predicted molar refractivity (Wildman–Crippen MR) is 73.5 cm³/mol. The zero-order valence-electron chi connectivity index (χ0n) is 11.3. The molecule has 1 heterocycles. The first-order chi connectivity index (χ1) is 8.28. The Morgan fingerprint density at radius 3 is 2.56 bits per heavy atom. The molecule has 1 aromatic heterocycles. The van der Waals surface area contributed by atoms with E-state index in [-0.39, 0.29) is 16.5 Å². The summed E-state index contributed by atoms with van der Waals surface area (Å²) in [4.78, 5) is 19.7. The van der Waals surface area contributed by atoms with Crippen molar-refractivity contribution in [2.75, 3.05) is 5.32 Å². The third-order valence-electron chi connectivity index (χ3n) is 2.41. The van der Waals surface area contributed by atoms with Gasteiger partial charge in [-0.2, -0.15) is 0 Å². The average molecular weight is 270 g/mol. The van der Waals surface area contributed by atoms with Gasteiger partial charge in [0.1, 0.15) is 0 Å². The van der Waals surface area contributed by atoms with Crippen LogP contribution in [-0.4, -0.2) is 15.9 Å². The lowest BCUT2D eigenvalue weighted by Crippen LogP contribution is -2.19. The van der Waals surface area contributed by atoms with Crippen LogP contribution in [0.2, 0.25) is 5.15 Å². The molecule has 0 aliphatic heterocycles. The maximum absolute atomic E-state index is 11.8. The van der Waals surface area contributed by atoms with Crippen molar-refractivity contribution in [3.05, 3.63) is 17.5 Å². The second-order valence-electron chi connectivity index (χ2n) is 5.82. The first kappa shape index (κ1) is 14.9. The minimum Gasteiger partial charge on any atom is -0.308 e. The van der Waals surface area contributed by atoms with Crippen LogP contribution in [0.4, 0.5) is 5.82 Å². The number of carbonyl (C=O) groups excluding carboxylic acids is 1. The Kier molecular flexibility index (Phi) is 5.08. The van der Waals surface area contributed by atoms with Gasteiger partial charge in [0.05, 0.1) is 0 Å². The van der Waals surface area contributed by atoms with Crippen LogP contribution in [0.5, 0.6) is 0 Å². The summed E-state index contributed by atoms with van der Waals surface area (Å²) in [6, 6.07) is 0. The van der Waals surface area contributed by atoms with Gasteiger partial charge in [0, 0.05) is 18.8 Å². The van der Waals surface area contributed by atoms with Crippen LogP contribution >= 0.6 is 11.6 Å². The number of nitrogens with zero attached hydrogens (tertiary/aromatic N) is 2. The van der Waals surface area contributed by atoms with Gasteiger partial charge >= 0.3 is 0 Å². The van der Waals surface area contributed by atoms with Crippen molar-refractivity contribution in [1.29, 1.82) is 0 Å². The maximum Gasteiger partial charge on any atom is 0.225 e. The third kappa shape index (κ3) is 5.45. The SMILES string of the molecule is CC(CC(=O)Nc1nccnc1Cl)CC(C)(C)C. The maximum atomic E-state index is 11.8. The molecule has 0 radical (unpaired) electrons. The summed E-state index contributed by atoms with van der Waals surface area (Å²) < 4.78 is 0. The fraction of sp³-hybridized carbons (Fsp3) is 0.615. The van der Waals surface area contributed by atoms with Gasteiger partial charge in [-0.05, 0) is 17.8 Å². The highest BCUT2D eigenvalue weighted by atomic mass is 35.5. The largest absolute Gasteiger partial charge is 0.308 e. The van der Waals surface area contributed by atoms with Gasteiger partial charge in [-0.1, -0.05) is 39.3 Å². The Hall–Kier alpha value is -1.16. The lowest BCUT2D eigenvalue weighted by Gasteiger charge is -2.22. The molecule has 0 fully saturated rings. The fourth-order valence-electron chi connectivity index (χ4n) is 2.02. The van der Waals surface area contributed by atoms with E-state index >= 15 is 0 Å². The number of aromatic nitrogens is 2. The molecule has 0 saturated heterocycles. The molecule has 1 amide bonds. The van der Waals surface area contributed by atoms with Crippen LogP contribution in [0.15, 0.2) is 12.4 Å². The number of hydrogen-bond donors (Lipinski definition) is 1. The van der Waals surface area contributed by atoms with Gasteiger partial charge in [-0.3, -0.25) is 4.79 Å². The van der Waals surface area contributed by atoms with Crippen molar-refractivity contribution in [3.8, 4) is 0 Å². The molecule has 0 bridgehead atoms. The molecular formula is C13H20ClN3O. The summed E-state index contributed by atoms with van der Waals surface area (Å²) in [7, 11) is 0. The molecule has 0 spiro atoms. The Bertz CT molecular complexity index is 415. The summed E-state index contributed by atoms with van der Waals surface area (Å²) in [6.07, 6.45) is 4.44. The van der Waals surface area contributed by atoms with Crippen LogP contribution in [-0.2, 0) is 4.79 Å². The summed E-state index contributed by atoms with van der Waals surface area (Å²) >= 11 is 5.82. The quantitative estimate of drug-likeness (QED) is 0.910.